The molecular weight excluding hydrogens is 232 g/mol. The van der Waals surface area contributed by atoms with Gasteiger partial charge in [0.25, 0.3) is 0 Å². The summed E-state index contributed by atoms with van der Waals surface area (Å²) < 4.78 is 0. The van der Waals surface area contributed by atoms with Crippen LogP contribution in [-0.4, -0.2) is 20.8 Å². The van der Waals surface area contributed by atoms with Gasteiger partial charge in [-0.3, -0.25) is 0 Å². The lowest BCUT2D eigenvalue weighted by Crippen LogP contribution is -2.24. The Bertz CT molecular complexity index is 459. The second-order valence-corrected chi connectivity index (χ2v) is 4.97. The van der Waals surface area contributed by atoms with E-state index in [2.05, 4.69) is 9.97 Å². The van der Waals surface area contributed by atoms with Crippen molar-refractivity contribution < 1.29 is 5.11 Å². The first kappa shape index (κ1) is 12.1. The van der Waals surface area contributed by atoms with Gasteiger partial charge in [0.1, 0.15) is 6.33 Å². The molecule has 0 saturated heterocycles. The van der Waals surface area contributed by atoms with Crippen molar-refractivity contribution in [1.29, 1.82) is 0 Å². The molecule has 0 saturated carbocycles. The fourth-order valence-electron chi connectivity index (χ4n) is 1.46. The Balaban J connectivity index is 2.03. The standard InChI is InChI=1S/C13H14N2OS/c1-13(16,11-5-3-2-4-6-11)9-17-12-7-8-14-10-15-12/h2-8,10,16H,9H2,1H3. The first-order valence-corrected chi connectivity index (χ1v) is 6.34. The maximum atomic E-state index is 10.4. The van der Waals surface area contributed by atoms with Crippen molar-refractivity contribution in [2.24, 2.45) is 0 Å². The van der Waals surface area contributed by atoms with E-state index in [-0.39, 0.29) is 0 Å². The molecule has 3 nitrogen and oxygen atoms in total. The van der Waals surface area contributed by atoms with E-state index in [1.165, 1.54) is 18.1 Å². The Hall–Kier alpha value is -1.39. The number of aromatic nitrogens is 2. The Labute approximate surface area is 105 Å². The summed E-state index contributed by atoms with van der Waals surface area (Å²) in [5.41, 5.74) is 0.0678. The second kappa shape index (κ2) is 5.29. The molecule has 1 N–H and O–H groups in total. The molecule has 2 aromatic rings. The van der Waals surface area contributed by atoms with Crippen LogP contribution < -0.4 is 0 Å². The van der Waals surface area contributed by atoms with E-state index in [4.69, 9.17) is 0 Å². The Morgan fingerprint density at radius 3 is 2.65 bits per heavy atom. The van der Waals surface area contributed by atoms with Gasteiger partial charge in [-0.1, -0.05) is 30.3 Å². The van der Waals surface area contributed by atoms with Crippen LogP contribution in [0.1, 0.15) is 12.5 Å². The molecule has 17 heavy (non-hydrogen) atoms. The summed E-state index contributed by atoms with van der Waals surface area (Å²) in [4.78, 5) is 7.98. The lowest BCUT2D eigenvalue weighted by atomic mass is 9.99. The SMILES string of the molecule is CC(O)(CSc1ccncn1)c1ccccc1. The quantitative estimate of drug-likeness (QED) is 0.665. The summed E-state index contributed by atoms with van der Waals surface area (Å²) in [6.07, 6.45) is 3.21. The summed E-state index contributed by atoms with van der Waals surface area (Å²) in [5.74, 6) is 0.564. The average Bonchev–Trinajstić information content (AvgIpc) is 2.39. The van der Waals surface area contributed by atoms with E-state index >= 15 is 0 Å². The fourth-order valence-corrected chi connectivity index (χ4v) is 2.33. The molecule has 0 bridgehead atoms. The molecule has 0 amide bonds. The lowest BCUT2D eigenvalue weighted by Gasteiger charge is -2.23. The predicted molar refractivity (Wildman–Crippen MR) is 68.8 cm³/mol. The molecule has 88 valence electrons. The Morgan fingerprint density at radius 1 is 1.24 bits per heavy atom. The highest BCUT2D eigenvalue weighted by molar-refractivity contribution is 7.99. The molecular formula is C13H14N2OS. The highest BCUT2D eigenvalue weighted by atomic mass is 32.2. The van der Waals surface area contributed by atoms with Crippen molar-refractivity contribution in [3.63, 3.8) is 0 Å². The molecule has 4 heteroatoms. The molecule has 0 aliphatic rings. The van der Waals surface area contributed by atoms with Crippen molar-refractivity contribution >= 4 is 11.8 Å². The molecule has 1 aromatic heterocycles. The topological polar surface area (TPSA) is 46.0 Å². The minimum absolute atomic E-state index is 0.564. The van der Waals surface area contributed by atoms with Gasteiger partial charge in [-0.25, -0.2) is 9.97 Å². The molecule has 0 radical (unpaired) electrons. The Kier molecular flexibility index (Phi) is 3.76. The summed E-state index contributed by atoms with van der Waals surface area (Å²) >= 11 is 1.52. The first-order chi connectivity index (χ1) is 8.18. The van der Waals surface area contributed by atoms with Gasteiger partial charge in [0.2, 0.25) is 0 Å². The number of thioether (sulfide) groups is 1. The second-order valence-electron chi connectivity index (χ2n) is 3.98. The number of hydrogen-bond acceptors (Lipinski definition) is 4. The Morgan fingerprint density at radius 2 is 2.00 bits per heavy atom. The van der Waals surface area contributed by atoms with Crippen LogP contribution in [0.3, 0.4) is 0 Å². The number of rotatable bonds is 4. The van der Waals surface area contributed by atoms with Crippen molar-refractivity contribution in [1.82, 2.24) is 9.97 Å². The fraction of sp³-hybridized carbons (Fsp3) is 0.231. The van der Waals surface area contributed by atoms with Crippen LogP contribution in [0.2, 0.25) is 0 Å². The number of hydrogen-bond donors (Lipinski definition) is 1. The van der Waals surface area contributed by atoms with Gasteiger partial charge in [0, 0.05) is 11.9 Å². The van der Waals surface area contributed by atoms with Gasteiger partial charge >= 0.3 is 0 Å². The molecule has 0 spiro atoms. The van der Waals surface area contributed by atoms with Crippen molar-refractivity contribution in [3.8, 4) is 0 Å². The van der Waals surface area contributed by atoms with E-state index in [1.807, 2.05) is 43.3 Å². The maximum Gasteiger partial charge on any atom is 0.116 e. The molecule has 1 unspecified atom stereocenters. The third-order valence-electron chi connectivity index (χ3n) is 2.45. The van der Waals surface area contributed by atoms with Gasteiger partial charge in [0.05, 0.1) is 10.6 Å². The monoisotopic (exact) mass is 246 g/mol. The highest BCUT2D eigenvalue weighted by Gasteiger charge is 2.22. The average molecular weight is 246 g/mol. The zero-order chi connectivity index (χ0) is 12.1. The third-order valence-corrected chi connectivity index (χ3v) is 3.70. The number of nitrogens with zero attached hydrogens (tertiary/aromatic N) is 2. The van der Waals surface area contributed by atoms with Gasteiger partial charge < -0.3 is 5.11 Å². The smallest absolute Gasteiger partial charge is 0.116 e. The van der Waals surface area contributed by atoms with Crippen LogP contribution in [-0.2, 0) is 5.60 Å². The summed E-state index contributed by atoms with van der Waals surface area (Å²) in [5, 5.41) is 11.3. The largest absolute Gasteiger partial charge is 0.385 e. The molecule has 1 aromatic carbocycles. The van der Waals surface area contributed by atoms with Crippen LogP contribution in [0, 0.1) is 0 Å². The van der Waals surface area contributed by atoms with Crippen LogP contribution in [0.5, 0.6) is 0 Å². The minimum atomic E-state index is -0.850. The van der Waals surface area contributed by atoms with Crippen LogP contribution >= 0.6 is 11.8 Å². The zero-order valence-corrected chi connectivity index (χ0v) is 10.4. The van der Waals surface area contributed by atoms with Crippen molar-refractivity contribution in [3.05, 3.63) is 54.5 Å². The normalized spacial score (nSPS) is 14.2. The molecule has 1 heterocycles. The van der Waals surface area contributed by atoms with Gasteiger partial charge in [-0.2, -0.15) is 0 Å². The van der Waals surface area contributed by atoms with Crippen molar-refractivity contribution in [2.45, 2.75) is 17.6 Å². The van der Waals surface area contributed by atoms with Gasteiger partial charge in [-0.05, 0) is 18.6 Å². The summed E-state index contributed by atoms with van der Waals surface area (Å²) in [6.45, 7) is 1.82. The highest BCUT2D eigenvalue weighted by Crippen LogP contribution is 2.27. The molecule has 1 atom stereocenters. The summed E-state index contributed by atoms with van der Waals surface area (Å²) in [7, 11) is 0. The van der Waals surface area contributed by atoms with E-state index in [0.29, 0.717) is 5.75 Å². The van der Waals surface area contributed by atoms with Gasteiger partial charge in [0.15, 0.2) is 0 Å². The molecule has 0 aliphatic carbocycles. The zero-order valence-electron chi connectivity index (χ0n) is 9.58. The lowest BCUT2D eigenvalue weighted by molar-refractivity contribution is 0.0839. The van der Waals surface area contributed by atoms with Crippen LogP contribution in [0.15, 0.2) is 53.9 Å². The predicted octanol–water partition coefficient (Wildman–Crippen LogP) is 2.48. The molecule has 2 rings (SSSR count). The number of benzene rings is 1. The number of aliphatic hydroxyl groups is 1. The first-order valence-electron chi connectivity index (χ1n) is 5.35. The van der Waals surface area contributed by atoms with Crippen LogP contribution in [0.25, 0.3) is 0 Å². The van der Waals surface area contributed by atoms with E-state index in [0.717, 1.165) is 10.6 Å². The van der Waals surface area contributed by atoms with Crippen molar-refractivity contribution in [2.75, 3.05) is 5.75 Å². The van der Waals surface area contributed by atoms with E-state index in [1.54, 1.807) is 6.20 Å². The van der Waals surface area contributed by atoms with E-state index in [9.17, 15) is 5.11 Å². The van der Waals surface area contributed by atoms with Gasteiger partial charge in [-0.15, -0.1) is 11.8 Å². The minimum Gasteiger partial charge on any atom is -0.385 e. The van der Waals surface area contributed by atoms with Crippen LogP contribution in [0.4, 0.5) is 0 Å². The van der Waals surface area contributed by atoms with E-state index < -0.39 is 5.60 Å². The summed E-state index contributed by atoms with van der Waals surface area (Å²) in [6, 6.07) is 11.5. The molecule has 0 fully saturated rings. The third kappa shape index (κ3) is 3.28. The maximum absolute atomic E-state index is 10.4. The molecule has 0 aliphatic heterocycles.